The smallest absolute Gasteiger partial charge is 0.180 e. The monoisotopic (exact) mass is 631 g/mol. The van der Waals surface area contributed by atoms with Gasteiger partial charge in [0, 0.05) is 16.5 Å². The van der Waals surface area contributed by atoms with Crippen molar-refractivity contribution in [3.63, 3.8) is 0 Å². The zero-order chi connectivity index (χ0) is 31.9. The van der Waals surface area contributed by atoms with Crippen molar-refractivity contribution in [2.24, 2.45) is 5.92 Å². The van der Waals surface area contributed by atoms with Crippen LogP contribution in [-0.2, 0) is 0 Å². The fourth-order valence-corrected chi connectivity index (χ4v) is 6.67. The molecule has 244 valence electrons. The lowest BCUT2D eigenvalue weighted by Gasteiger charge is -2.19. The molecular weight excluding hydrogens is 578 g/mol. The van der Waals surface area contributed by atoms with E-state index < -0.39 is 5.92 Å². The largest absolute Gasteiger partial charge is 0.491 e. The number of thioether (sulfide) groups is 1. The molecule has 1 aliphatic rings. The van der Waals surface area contributed by atoms with E-state index in [9.17, 15) is 9.59 Å². The maximum atomic E-state index is 13.5. The van der Waals surface area contributed by atoms with Crippen molar-refractivity contribution in [1.82, 2.24) is 4.98 Å². The Bertz CT molecular complexity index is 1370. The number of hydrogen-bond donors (Lipinski definition) is 0. The van der Waals surface area contributed by atoms with Gasteiger partial charge in [-0.3, -0.25) is 9.59 Å². The van der Waals surface area contributed by atoms with E-state index in [1.54, 1.807) is 30.0 Å². The fourth-order valence-electron chi connectivity index (χ4n) is 6.28. The Hall–Kier alpha value is -2.86. The molecule has 2 aromatic carbocycles. The highest BCUT2D eigenvalue weighted by atomic mass is 32.2. The van der Waals surface area contributed by atoms with Crippen LogP contribution in [0, 0.1) is 5.92 Å². The van der Waals surface area contributed by atoms with Gasteiger partial charge in [-0.2, -0.15) is 0 Å². The number of nitrogens with zero attached hydrogens (tertiary/aromatic N) is 1. The third kappa shape index (κ3) is 10.1. The molecule has 1 heterocycles. The Kier molecular flexibility index (Phi) is 14.7. The summed E-state index contributed by atoms with van der Waals surface area (Å²) < 4.78 is 12.3. The number of carbonyl (C=O) groups excluding carboxylic acids is 2. The molecule has 2 unspecified atom stereocenters. The number of fused-ring (bicyclic) bond motifs is 2. The molecule has 1 aromatic heterocycles. The average Bonchev–Trinajstić information content (AvgIpc) is 3.31. The highest BCUT2D eigenvalue weighted by molar-refractivity contribution is 7.99. The van der Waals surface area contributed by atoms with E-state index in [4.69, 9.17) is 14.5 Å². The summed E-state index contributed by atoms with van der Waals surface area (Å²) >= 11 is 1.66. The van der Waals surface area contributed by atoms with E-state index in [1.165, 1.54) is 89.9 Å². The highest BCUT2D eigenvalue weighted by Gasteiger charge is 2.41. The standard InChI is InChI=1S/C39H53NO4S/c1-4-7-9-11-12-13-14-16-19-29(18-15-10-8-5-2)27-43-35-21-17-20-30-22-25-34(40-37(30)35)36-38(41)32-24-23-31(44-28-45-6-3)26-33(32)39(36)42/h17,20-26,29,36H,4-16,18-19,27-28H2,1-3H3. The molecule has 0 saturated heterocycles. The number of Topliss-reactive ketones (excluding diaryl/α,β-unsaturated/α-hetero) is 2. The summed E-state index contributed by atoms with van der Waals surface area (Å²) in [6, 6.07) is 14.9. The molecule has 0 N–H and O–H groups in total. The van der Waals surface area contributed by atoms with Gasteiger partial charge in [0.05, 0.1) is 12.3 Å². The van der Waals surface area contributed by atoms with Crippen LogP contribution in [0.3, 0.4) is 0 Å². The van der Waals surface area contributed by atoms with Crippen LogP contribution in [0.5, 0.6) is 11.5 Å². The van der Waals surface area contributed by atoms with E-state index in [1.807, 2.05) is 30.3 Å². The van der Waals surface area contributed by atoms with Gasteiger partial charge in [-0.15, -0.1) is 11.8 Å². The van der Waals surface area contributed by atoms with Gasteiger partial charge in [0.15, 0.2) is 11.6 Å². The number of para-hydroxylation sites is 1. The first-order valence-corrected chi connectivity index (χ1v) is 18.7. The van der Waals surface area contributed by atoms with E-state index in [0.29, 0.717) is 46.6 Å². The summed E-state index contributed by atoms with van der Waals surface area (Å²) in [4.78, 5) is 31.9. The number of unbranched alkanes of at least 4 members (excludes halogenated alkanes) is 10. The molecule has 0 spiro atoms. The molecule has 0 radical (unpaired) electrons. The minimum absolute atomic E-state index is 0.202. The predicted molar refractivity (Wildman–Crippen MR) is 188 cm³/mol. The van der Waals surface area contributed by atoms with Crippen LogP contribution in [0.4, 0.5) is 0 Å². The first kappa shape index (κ1) is 35.0. The van der Waals surface area contributed by atoms with Gasteiger partial charge in [-0.1, -0.05) is 116 Å². The fraction of sp³-hybridized carbons (Fsp3) is 0.564. The molecule has 3 aromatic rings. The van der Waals surface area contributed by atoms with Gasteiger partial charge in [-0.05, 0) is 54.8 Å². The summed E-state index contributed by atoms with van der Waals surface area (Å²) in [5, 5.41) is 0.943. The van der Waals surface area contributed by atoms with Gasteiger partial charge in [0.2, 0.25) is 0 Å². The number of rotatable bonds is 22. The van der Waals surface area contributed by atoms with Crippen molar-refractivity contribution in [2.75, 3.05) is 18.3 Å². The molecular formula is C39H53NO4S. The lowest BCUT2D eigenvalue weighted by atomic mass is 9.95. The maximum Gasteiger partial charge on any atom is 0.180 e. The molecule has 6 heteroatoms. The topological polar surface area (TPSA) is 65.5 Å². The zero-order valence-corrected chi connectivity index (χ0v) is 28.6. The number of hydrogen-bond acceptors (Lipinski definition) is 6. The number of benzene rings is 2. The summed E-state index contributed by atoms with van der Waals surface area (Å²) in [5.74, 6) is 1.94. The summed E-state index contributed by atoms with van der Waals surface area (Å²) in [5.41, 5.74) is 2.05. The highest BCUT2D eigenvalue weighted by Crippen LogP contribution is 2.37. The van der Waals surface area contributed by atoms with E-state index in [-0.39, 0.29) is 11.6 Å². The maximum absolute atomic E-state index is 13.5. The molecule has 45 heavy (non-hydrogen) atoms. The van der Waals surface area contributed by atoms with Crippen LogP contribution >= 0.6 is 11.8 Å². The molecule has 5 nitrogen and oxygen atoms in total. The SMILES string of the molecule is CCCCCCCCCCC(CCCCCC)COc1cccc2ccc(C3C(=O)c4ccc(OCSCC)cc4C3=O)nc12. The van der Waals surface area contributed by atoms with E-state index in [0.717, 1.165) is 16.9 Å². The van der Waals surface area contributed by atoms with Crippen molar-refractivity contribution in [3.8, 4) is 11.5 Å². The molecule has 0 fully saturated rings. The summed E-state index contributed by atoms with van der Waals surface area (Å²) in [7, 11) is 0. The Morgan fingerprint density at radius 1 is 0.733 bits per heavy atom. The number of pyridine rings is 1. The van der Waals surface area contributed by atoms with Gasteiger partial charge in [0.25, 0.3) is 0 Å². The van der Waals surface area contributed by atoms with E-state index in [2.05, 4.69) is 20.8 Å². The van der Waals surface area contributed by atoms with Crippen molar-refractivity contribution in [1.29, 1.82) is 0 Å². The Balaban J connectivity index is 1.43. The van der Waals surface area contributed by atoms with Gasteiger partial charge >= 0.3 is 0 Å². The lowest BCUT2D eigenvalue weighted by Crippen LogP contribution is -2.15. The molecule has 4 rings (SSSR count). The first-order chi connectivity index (χ1) is 22.1. The van der Waals surface area contributed by atoms with Crippen LogP contribution < -0.4 is 9.47 Å². The molecule has 0 aliphatic heterocycles. The number of carbonyl (C=O) groups is 2. The van der Waals surface area contributed by atoms with E-state index >= 15 is 0 Å². The summed E-state index contributed by atoms with van der Waals surface area (Å²) in [6.07, 6.45) is 18.1. The van der Waals surface area contributed by atoms with Crippen LogP contribution in [0.2, 0.25) is 0 Å². The van der Waals surface area contributed by atoms with Crippen molar-refractivity contribution >= 4 is 34.2 Å². The Morgan fingerprint density at radius 3 is 2.11 bits per heavy atom. The second-order valence-electron chi connectivity index (χ2n) is 12.5. The van der Waals surface area contributed by atoms with Crippen LogP contribution in [-0.4, -0.2) is 34.8 Å². The Labute approximate surface area is 275 Å². The van der Waals surface area contributed by atoms with Crippen molar-refractivity contribution in [3.05, 3.63) is 65.4 Å². The van der Waals surface area contributed by atoms with Gasteiger partial charge in [-0.25, -0.2) is 4.98 Å². The quantitative estimate of drug-likeness (QED) is 0.0624. The van der Waals surface area contributed by atoms with Crippen LogP contribution in [0.1, 0.15) is 143 Å². The predicted octanol–water partition coefficient (Wildman–Crippen LogP) is 11.0. The molecule has 0 bridgehead atoms. The number of ether oxygens (including phenoxy) is 2. The third-order valence-corrected chi connectivity index (χ3v) is 9.66. The number of ketones is 2. The zero-order valence-electron chi connectivity index (χ0n) is 27.8. The minimum atomic E-state index is -0.939. The third-order valence-electron chi connectivity index (χ3n) is 8.97. The molecule has 0 amide bonds. The van der Waals surface area contributed by atoms with Crippen molar-refractivity contribution < 1.29 is 19.1 Å². The van der Waals surface area contributed by atoms with Gasteiger partial charge < -0.3 is 9.47 Å². The normalized spacial score (nSPS) is 15.0. The minimum Gasteiger partial charge on any atom is -0.491 e. The second kappa shape index (κ2) is 19.0. The van der Waals surface area contributed by atoms with Crippen molar-refractivity contribution in [2.45, 2.75) is 117 Å². The number of aromatic nitrogens is 1. The second-order valence-corrected chi connectivity index (χ2v) is 13.7. The first-order valence-electron chi connectivity index (χ1n) is 17.5. The average molecular weight is 632 g/mol. The molecule has 1 aliphatic carbocycles. The molecule has 2 atom stereocenters. The summed E-state index contributed by atoms with van der Waals surface area (Å²) in [6.45, 7) is 7.27. The van der Waals surface area contributed by atoms with Crippen LogP contribution in [0.25, 0.3) is 10.9 Å². The van der Waals surface area contributed by atoms with Crippen LogP contribution in [0.15, 0.2) is 48.5 Å². The Morgan fingerprint density at radius 2 is 1.40 bits per heavy atom. The molecule has 0 saturated carbocycles. The lowest BCUT2D eigenvalue weighted by molar-refractivity contribution is 0.0888. The van der Waals surface area contributed by atoms with Gasteiger partial charge in [0.1, 0.15) is 28.9 Å².